The smallest absolute Gasteiger partial charge is 0.410 e. The second-order valence-electron chi connectivity index (χ2n) is 7.10. The Morgan fingerprint density at radius 1 is 1.28 bits per heavy atom. The lowest BCUT2D eigenvalue weighted by Gasteiger charge is -2.34. The minimum absolute atomic E-state index is 0.0199. The van der Waals surface area contributed by atoms with Crippen molar-refractivity contribution in [2.24, 2.45) is 5.10 Å². The standard InChI is InChI=1S/C21H19F3N6O2/c1-32-15-6-4-14(5-7-15)17-9-18(21(22,23)24)30-19(28-17)16(12-27-30)20(31)29-26-11-13-3-2-8-25-10-13/h2-8,10-12,17-18,28H,9H2,1H3,(H,29,31)/b26-11-/t17-,18+/m0/s1. The molecule has 1 aromatic carbocycles. The van der Waals surface area contributed by atoms with Crippen molar-refractivity contribution >= 4 is 17.9 Å². The molecule has 32 heavy (non-hydrogen) atoms. The minimum atomic E-state index is -4.54. The third kappa shape index (κ3) is 4.41. The van der Waals surface area contributed by atoms with E-state index in [0.29, 0.717) is 16.9 Å². The lowest BCUT2D eigenvalue weighted by molar-refractivity contribution is -0.173. The fourth-order valence-corrected chi connectivity index (χ4v) is 3.46. The predicted octanol–water partition coefficient (Wildman–Crippen LogP) is 3.71. The summed E-state index contributed by atoms with van der Waals surface area (Å²) in [5.41, 5.74) is 3.56. The van der Waals surface area contributed by atoms with Gasteiger partial charge in [-0.1, -0.05) is 18.2 Å². The number of anilines is 1. The van der Waals surface area contributed by atoms with Crippen LogP contribution in [-0.4, -0.2) is 40.2 Å². The molecule has 3 heterocycles. The topological polar surface area (TPSA) is 93.4 Å². The molecule has 0 aliphatic carbocycles. The average Bonchev–Trinajstić information content (AvgIpc) is 3.22. The molecule has 0 saturated heterocycles. The highest BCUT2D eigenvalue weighted by molar-refractivity contribution is 5.99. The van der Waals surface area contributed by atoms with Gasteiger partial charge in [0.25, 0.3) is 5.91 Å². The van der Waals surface area contributed by atoms with Crippen LogP contribution in [0.1, 0.15) is 40.0 Å². The highest BCUT2D eigenvalue weighted by Gasteiger charge is 2.47. The number of nitrogens with one attached hydrogen (secondary N) is 2. The summed E-state index contributed by atoms with van der Waals surface area (Å²) in [5.74, 6) is -0.114. The van der Waals surface area contributed by atoms with E-state index in [1.165, 1.54) is 13.3 Å². The summed E-state index contributed by atoms with van der Waals surface area (Å²) < 4.78 is 47.3. The second-order valence-corrected chi connectivity index (χ2v) is 7.10. The Balaban J connectivity index is 1.60. The molecule has 0 unspecified atom stereocenters. The van der Waals surface area contributed by atoms with Crippen LogP contribution in [0.15, 0.2) is 60.1 Å². The number of hydrogen-bond acceptors (Lipinski definition) is 6. The maximum atomic E-state index is 13.8. The summed E-state index contributed by atoms with van der Waals surface area (Å²) in [4.78, 5) is 16.5. The summed E-state index contributed by atoms with van der Waals surface area (Å²) in [5, 5.41) is 10.7. The van der Waals surface area contributed by atoms with Gasteiger partial charge < -0.3 is 10.1 Å². The number of hydrazone groups is 1. The molecule has 1 aliphatic heterocycles. The summed E-state index contributed by atoms with van der Waals surface area (Å²) in [6.45, 7) is 0. The first-order valence-corrected chi connectivity index (χ1v) is 9.65. The molecule has 11 heteroatoms. The Labute approximate surface area is 181 Å². The van der Waals surface area contributed by atoms with Gasteiger partial charge in [0.1, 0.15) is 17.1 Å². The summed E-state index contributed by atoms with van der Waals surface area (Å²) in [7, 11) is 1.51. The molecule has 0 bridgehead atoms. The summed E-state index contributed by atoms with van der Waals surface area (Å²) in [6.07, 6.45) is 0.813. The molecule has 1 amide bonds. The lowest BCUT2D eigenvalue weighted by Crippen LogP contribution is -2.36. The van der Waals surface area contributed by atoms with Crippen molar-refractivity contribution < 1.29 is 22.7 Å². The Kier molecular flexibility index (Phi) is 5.80. The number of rotatable bonds is 5. The fraction of sp³-hybridized carbons (Fsp3) is 0.238. The van der Waals surface area contributed by atoms with Crippen LogP contribution >= 0.6 is 0 Å². The molecular formula is C21H19F3N6O2. The number of halogens is 3. The number of carbonyl (C=O) groups is 1. The van der Waals surface area contributed by atoms with Crippen LogP contribution in [0.25, 0.3) is 0 Å². The van der Waals surface area contributed by atoms with Crippen LogP contribution in [0.4, 0.5) is 19.0 Å². The van der Waals surface area contributed by atoms with E-state index in [1.807, 2.05) is 0 Å². The molecule has 2 aromatic heterocycles. The Hall–Kier alpha value is -3.89. The molecule has 2 N–H and O–H groups in total. The summed E-state index contributed by atoms with van der Waals surface area (Å²) in [6, 6.07) is 7.60. The van der Waals surface area contributed by atoms with E-state index in [1.54, 1.807) is 48.8 Å². The molecular weight excluding hydrogens is 425 g/mol. The Morgan fingerprint density at radius 2 is 2.06 bits per heavy atom. The highest BCUT2D eigenvalue weighted by atomic mass is 19.4. The van der Waals surface area contributed by atoms with Gasteiger partial charge >= 0.3 is 6.18 Å². The first-order chi connectivity index (χ1) is 15.4. The molecule has 1 aliphatic rings. The van der Waals surface area contributed by atoms with Gasteiger partial charge in [0, 0.05) is 24.4 Å². The van der Waals surface area contributed by atoms with Crippen LogP contribution in [0.2, 0.25) is 0 Å². The van der Waals surface area contributed by atoms with Crippen molar-refractivity contribution in [2.75, 3.05) is 12.4 Å². The Bertz CT molecular complexity index is 1110. The van der Waals surface area contributed by atoms with Gasteiger partial charge in [-0.05, 0) is 23.8 Å². The van der Waals surface area contributed by atoms with Crippen molar-refractivity contribution in [1.29, 1.82) is 0 Å². The van der Waals surface area contributed by atoms with Gasteiger partial charge in [0.15, 0.2) is 6.04 Å². The van der Waals surface area contributed by atoms with Crippen LogP contribution in [-0.2, 0) is 0 Å². The third-order valence-corrected chi connectivity index (χ3v) is 5.07. The minimum Gasteiger partial charge on any atom is -0.497 e. The molecule has 8 nitrogen and oxygen atoms in total. The number of aromatic nitrogens is 3. The van der Waals surface area contributed by atoms with E-state index in [4.69, 9.17) is 4.74 Å². The number of ether oxygens (including phenoxy) is 1. The highest BCUT2D eigenvalue weighted by Crippen LogP contribution is 2.44. The van der Waals surface area contributed by atoms with E-state index in [-0.39, 0.29) is 17.8 Å². The molecule has 0 fully saturated rings. The number of fused-ring (bicyclic) bond motifs is 1. The summed E-state index contributed by atoms with van der Waals surface area (Å²) >= 11 is 0. The zero-order valence-electron chi connectivity index (χ0n) is 16.9. The van der Waals surface area contributed by atoms with Crippen molar-refractivity contribution in [3.63, 3.8) is 0 Å². The first-order valence-electron chi connectivity index (χ1n) is 9.65. The van der Waals surface area contributed by atoms with Crippen LogP contribution in [0.5, 0.6) is 5.75 Å². The molecule has 3 aromatic rings. The predicted molar refractivity (Wildman–Crippen MR) is 111 cm³/mol. The van der Waals surface area contributed by atoms with Gasteiger partial charge in [0.2, 0.25) is 0 Å². The van der Waals surface area contributed by atoms with E-state index >= 15 is 0 Å². The van der Waals surface area contributed by atoms with Gasteiger partial charge in [0.05, 0.1) is 25.6 Å². The van der Waals surface area contributed by atoms with Gasteiger partial charge in [-0.15, -0.1) is 0 Å². The molecule has 0 spiro atoms. The van der Waals surface area contributed by atoms with Crippen LogP contribution in [0.3, 0.4) is 0 Å². The number of alkyl halides is 3. The van der Waals surface area contributed by atoms with E-state index in [0.717, 1.165) is 10.9 Å². The number of carbonyl (C=O) groups excluding carboxylic acids is 1. The lowest BCUT2D eigenvalue weighted by atomic mass is 9.96. The Morgan fingerprint density at radius 3 is 2.72 bits per heavy atom. The van der Waals surface area contributed by atoms with Crippen molar-refractivity contribution in [2.45, 2.75) is 24.7 Å². The fourth-order valence-electron chi connectivity index (χ4n) is 3.46. The number of methoxy groups -OCH3 is 1. The van der Waals surface area contributed by atoms with Crippen LogP contribution < -0.4 is 15.5 Å². The van der Waals surface area contributed by atoms with E-state index < -0.39 is 24.2 Å². The van der Waals surface area contributed by atoms with Gasteiger partial charge in [-0.2, -0.15) is 23.4 Å². The quantitative estimate of drug-likeness (QED) is 0.462. The van der Waals surface area contributed by atoms with E-state index in [2.05, 4.69) is 25.9 Å². The molecule has 4 rings (SSSR count). The third-order valence-electron chi connectivity index (χ3n) is 5.07. The molecule has 166 valence electrons. The van der Waals surface area contributed by atoms with Gasteiger partial charge in [-0.3, -0.25) is 9.78 Å². The van der Waals surface area contributed by atoms with Crippen LogP contribution in [0, 0.1) is 0 Å². The maximum Gasteiger partial charge on any atom is 0.410 e. The first kappa shape index (κ1) is 21.3. The normalized spacial score (nSPS) is 18.1. The number of nitrogens with zero attached hydrogens (tertiary/aromatic N) is 4. The number of hydrogen-bond donors (Lipinski definition) is 2. The molecule has 2 atom stereocenters. The van der Waals surface area contributed by atoms with Crippen molar-refractivity contribution in [1.82, 2.24) is 20.2 Å². The number of benzene rings is 1. The monoisotopic (exact) mass is 444 g/mol. The van der Waals surface area contributed by atoms with Gasteiger partial charge in [-0.25, -0.2) is 10.1 Å². The zero-order valence-corrected chi connectivity index (χ0v) is 16.9. The molecule has 0 saturated carbocycles. The van der Waals surface area contributed by atoms with Crippen molar-refractivity contribution in [3.8, 4) is 5.75 Å². The average molecular weight is 444 g/mol. The second kappa shape index (κ2) is 8.69. The number of amides is 1. The van der Waals surface area contributed by atoms with E-state index in [9.17, 15) is 18.0 Å². The maximum absolute atomic E-state index is 13.8. The number of pyridine rings is 1. The molecule has 0 radical (unpaired) electrons. The SMILES string of the molecule is COc1ccc([C@@H]2C[C@H](C(F)(F)F)n3ncc(C(=O)N/N=C\c4cccnc4)c3N2)cc1. The zero-order chi connectivity index (χ0) is 22.7. The van der Waals surface area contributed by atoms with Crippen molar-refractivity contribution in [3.05, 3.63) is 71.7 Å². The largest absolute Gasteiger partial charge is 0.497 e.